The maximum absolute atomic E-state index is 8.95. The minimum Gasteiger partial charge on any atom is -0.494 e. The Labute approximate surface area is 232 Å². The first-order chi connectivity index (χ1) is 18.1. The average molecular weight is 554 g/mol. The van der Waals surface area contributed by atoms with Crippen molar-refractivity contribution < 1.29 is 18.3 Å². The smallest absolute Gasteiger partial charge is 0.173 e. The molecule has 0 bridgehead atoms. The Morgan fingerprint density at radius 2 is 1.45 bits per heavy atom. The number of nitriles is 1. The van der Waals surface area contributed by atoms with E-state index in [2.05, 4.69) is 50.9 Å². The van der Waals surface area contributed by atoms with Crippen molar-refractivity contribution in [1.29, 1.82) is 5.26 Å². The monoisotopic (exact) mass is 553 g/mol. The normalized spacial score (nSPS) is 15.1. The summed E-state index contributed by atoms with van der Waals surface area (Å²) in [5.74, 6) is 0.906. The second kappa shape index (κ2) is 14.4. The molecular formula is C31H47NO4Si2. The lowest BCUT2D eigenvalue weighted by molar-refractivity contribution is -0.153. The van der Waals surface area contributed by atoms with E-state index >= 15 is 0 Å². The van der Waals surface area contributed by atoms with E-state index in [4.69, 9.17) is 23.6 Å². The van der Waals surface area contributed by atoms with Gasteiger partial charge in [-0.1, -0.05) is 43.5 Å². The lowest BCUT2D eigenvalue weighted by atomic mass is 9.81. The molecule has 0 unspecified atom stereocenters. The Kier molecular flexibility index (Phi) is 11.6. The van der Waals surface area contributed by atoms with Gasteiger partial charge in [0.15, 0.2) is 16.6 Å². The van der Waals surface area contributed by atoms with Crippen molar-refractivity contribution in [2.24, 2.45) is 5.41 Å². The van der Waals surface area contributed by atoms with Gasteiger partial charge in [-0.2, -0.15) is 5.26 Å². The Morgan fingerprint density at radius 1 is 0.816 bits per heavy atom. The molecule has 0 aromatic heterocycles. The molecule has 0 spiro atoms. The average Bonchev–Trinajstić information content (AvgIpc) is 2.84. The third-order valence-corrected chi connectivity index (χ3v) is 13.2. The first kappa shape index (κ1) is 30.6. The molecule has 1 aliphatic rings. The lowest BCUT2D eigenvalue weighted by Crippen LogP contribution is -2.46. The van der Waals surface area contributed by atoms with Gasteiger partial charge in [0.2, 0.25) is 0 Å². The highest BCUT2D eigenvalue weighted by Gasteiger charge is 2.38. The molecule has 0 N–H and O–H groups in total. The summed E-state index contributed by atoms with van der Waals surface area (Å²) in [4.78, 5) is 0. The van der Waals surface area contributed by atoms with Crippen molar-refractivity contribution in [2.45, 2.75) is 77.3 Å². The van der Waals surface area contributed by atoms with Gasteiger partial charge < -0.3 is 18.3 Å². The molecule has 0 radical (unpaired) electrons. The fourth-order valence-electron chi connectivity index (χ4n) is 5.09. The van der Waals surface area contributed by atoms with Crippen molar-refractivity contribution in [3.8, 4) is 22.9 Å². The number of benzene rings is 2. The third-order valence-electron chi connectivity index (χ3n) is 6.95. The van der Waals surface area contributed by atoms with Crippen molar-refractivity contribution in [1.82, 2.24) is 0 Å². The Hall–Kier alpha value is -1.96. The zero-order valence-corrected chi connectivity index (χ0v) is 26.2. The minimum absolute atomic E-state index is 0.231. The minimum atomic E-state index is -1.57. The lowest BCUT2D eigenvalue weighted by Gasteiger charge is -2.41. The van der Waals surface area contributed by atoms with Gasteiger partial charge in [0.25, 0.3) is 0 Å². The van der Waals surface area contributed by atoms with Gasteiger partial charge in [0, 0.05) is 12.0 Å². The first-order valence-electron chi connectivity index (χ1n) is 14.2. The van der Waals surface area contributed by atoms with Gasteiger partial charge in [-0.25, -0.2) is 0 Å². The largest absolute Gasteiger partial charge is 0.494 e. The second-order valence-electron chi connectivity index (χ2n) is 12.3. The zero-order valence-electron chi connectivity index (χ0n) is 24.2. The summed E-state index contributed by atoms with van der Waals surface area (Å²) in [6, 6.07) is 19.2. The maximum Gasteiger partial charge on any atom is 0.173 e. The number of nitrogens with zero attached hydrogens (tertiary/aromatic N) is 1. The van der Waals surface area contributed by atoms with E-state index in [0.29, 0.717) is 5.56 Å². The van der Waals surface area contributed by atoms with Gasteiger partial charge in [-0.15, -0.1) is 0 Å². The zero-order chi connectivity index (χ0) is 27.5. The van der Waals surface area contributed by atoms with Gasteiger partial charge in [-0.05, 0) is 93.4 Å². The van der Waals surface area contributed by atoms with E-state index in [1.165, 1.54) is 31.7 Å². The quantitative estimate of drug-likeness (QED) is 0.147. The molecule has 0 atom stereocenters. The highest BCUT2D eigenvalue weighted by molar-refractivity contribution is 6.84. The standard InChI is InChI=1S/C31H47NO4Si2/c1-37(2,3)36-38(4,5)22-10-20-33-24-31(25-34-26-31)19-8-6-7-9-21-35-30-17-15-29(16-18-30)28-13-11-27(23-32)12-14-28/h11-18H,6-10,19-22,24-26H2,1-5H3. The Morgan fingerprint density at radius 3 is 2.03 bits per heavy atom. The molecule has 208 valence electrons. The predicted molar refractivity (Wildman–Crippen MR) is 161 cm³/mol. The van der Waals surface area contributed by atoms with Crippen LogP contribution < -0.4 is 4.74 Å². The molecule has 38 heavy (non-hydrogen) atoms. The van der Waals surface area contributed by atoms with E-state index in [1.807, 2.05) is 36.4 Å². The molecule has 0 saturated carbocycles. The van der Waals surface area contributed by atoms with Crippen LogP contribution in [0.25, 0.3) is 11.1 Å². The maximum atomic E-state index is 8.95. The van der Waals surface area contributed by atoms with Gasteiger partial charge >= 0.3 is 0 Å². The van der Waals surface area contributed by atoms with Crippen LogP contribution >= 0.6 is 0 Å². The van der Waals surface area contributed by atoms with Gasteiger partial charge in [-0.3, -0.25) is 0 Å². The topological polar surface area (TPSA) is 60.7 Å². The third kappa shape index (κ3) is 10.7. The van der Waals surface area contributed by atoms with E-state index in [9.17, 15) is 0 Å². The molecule has 2 aromatic carbocycles. The molecule has 1 aliphatic heterocycles. The van der Waals surface area contributed by atoms with Crippen molar-refractivity contribution in [3.05, 3.63) is 54.1 Å². The fraction of sp³-hybridized carbons (Fsp3) is 0.581. The Balaban J connectivity index is 1.24. The van der Waals surface area contributed by atoms with Crippen LogP contribution in [-0.2, 0) is 13.6 Å². The summed E-state index contributed by atoms with van der Waals surface area (Å²) in [5.41, 5.74) is 3.14. The van der Waals surface area contributed by atoms with E-state index < -0.39 is 16.6 Å². The molecule has 1 heterocycles. The fourth-order valence-corrected chi connectivity index (χ4v) is 13.1. The number of hydrogen-bond donors (Lipinski definition) is 0. The van der Waals surface area contributed by atoms with Crippen LogP contribution in [0, 0.1) is 16.7 Å². The van der Waals surface area contributed by atoms with Crippen LogP contribution in [0.15, 0.2) is 48.5 Å². The van der Waals surface area contributed by atoms with Gasteiger partial charge in [0.1, 0.15) is 5.75 Å². The summed E-state index contributed by atoms with van der Waals surface area (Å²) >= 11 is 0. The molecule has 3 rings (SSSR count). The molecule has 0 amide bonds. The van der Waals surface area contributed by atoms with Crippen LogP contribution in [0.3, 0.4) is 0 Å². The predicted octanol–water partition coefficient (Wildman–Crippen LogP) is 8.03. The number of rotatable bonds is 17. The SMILES string of the molecule is C[Si](C)(C)O[Si](C)(C)CCCOCC1(CCCCCCOc2ccc(-c3ccc(C#N)cc3)cc2)COC1. The molecule has 0 aliphatic carbocycles. The second-order valence-corrected chi connectivity index (χ2v) is 21.4. The Bertz CT molecular complexity index is 1010. The number of hydrogen-bond acceptors (Lipinski definition) is 5. The highest BCUT2D eigenvalue weighted by atomic mass is 28.4. The molecule has 1 fully saturated rings. The van der Waals surface area contributed by atoms with E-state index in [0.717, 1.165) is 62.8 Å². The van der Waals surface area contributed by atoms with E-state index in [1.54, 1.807) is 0 Å². The summed E-state index contributed by atoms with van der Waals surface area (Å²) in [5, 5.41) is 8.95. The van der Waals surface area contributed by atoms with Crippen LogP contribution in [0.4, 0.5) is 0 Å². The van der Waals surface area contributed by atoms with Crippen molar-refractivity contribution >= 4 is 16.6 Å². The summed E-state index contributed by atoms with van der Waals surface area (Å²) in [6.07, 6.45) is 6.96. The highest BCUT2D eigenvalue weighted by Crippen LogP contribution is 2.34. The number of unbranched alkanes of at least 4 members (excludes halogenated alkanes) is 3. The first-order valence-corrected chi connectivity index (χ1v) is 20.7. The molecule has 1 saturated heterocycles. The molecular weight excluding hydrogens is 507 g/mol. The van der Waals surface area contributed by atoms with Crippen LogP contribution in [0.1, 0.15) is 44.1 Å². The molecule has 5 nitrogen and oxygen atoms in total. The summed E-state index contributed by atoms with van der Waals surface area (Å²) in [6.45, 7) is 15.6. The number of ether oxygens (including phenoxy) is 3. The summed E-state index contributed by atoms with van der Waals surface area (Å²) < 4.78 is 24.1. The molecule has 2 aromatic rings. The van der Waals surface area contributed by atoms with Crippen LogP contribution in [-0.4, -0.2) is 49.7 Å². The van der Waals surface area contributed by atoms with E-state index in [-0.39, 0.29) is 5.41 Å². The van der Waals surface area contributed by atoms with Gasteiger partial charge in [0.05, 0.1) is 38.1 Å². The molecule has 7 heteroatoms. The van der Waals surface area contributed by atoms with Crippen LogP contribution in [0.2, 0.25) is 38.8 Å². The summed E-state index contributed by atoms with van der Waals surface area (Å²) in [7, 11) is -3.03. The van der Waals surface area contributed by atoms with Crippen LogP contribution in [0.5, 0.6) is 5.75 Å². The van der Waals surface area contributed by atoms with Crippen molar-refractivity contribution in [3.63, 3.8) is 0 Å². The van der Waals surface area contributed by atoms with Crippen molar-refractivity contribution in [2.75, 3.05) is 33.0 Å².